The van der Waals surface area contributed by atoms with Crippen LogP contribution >= 0.6 is 11.8 Å². The van der Waals surface area contributed by atoms with Crippen molar-refractivity contribution in [3.05, 3.63) is 59.7 Å². The first-order valence-electron chi connectivity index (χ1n) is 8.68. The Hall–Kier alpha value is -2.47. The average Bonchev–Trinajstić information content (AvgIpc) is 2.67. The van der Waals surface area contributed by atoms with Gasteiger partial charge in [0, 0.05) is 38.3 Å². The standard InChI is InChI=1S/C21H26N2O3S/c1-15(21(25)26-5)27-19-9-7-6-8-18(19)20(24)23(4)14-16-10-12-17(13-11-16)22(2)3/h6-13,15H,14H2,1-5H3. The summed E-state index contributed by atoms with van der Waals surface area (Å²) in [6.45, 7) is 2.28. The van der Waals surface area contributed by atoms with Crippen LogP contribution in [0.2, 0.25) is 0 Å². The van der Waals surface area contributed by atoms with E-state index in [9.17, 15) is 9.59 Å². The lowest BCUT2D eigenvalue weighted by Gasteiger charge is -2.20. The Bertz CT molecular complexity index is 790. The second kappa shape index (κ2) is 9.46. The van der Waals surface area contributed by atoms with E-state index in [-0.39, 0.29) is 17.1 Å². The fourth-order valence-corrected chi connectivity index (χ4v) is 3.61. The third-order valence-electron chi connectivity index (χ3n) is 4.17. The monoisotopic (exact) mass is 386 g/mol. The minimum atomic E-state index is -0.382. The van der Waals surface area contributed by atoms with Crippen molar-refractivity contribution in [2.24, 2.45) is 0 Å². The van der Waals surface area contributed by atoms with Crippen LogP contribution < -0.4 is 4.90 Å². The highest BCUT2D eigenvalue weighted by atomic mass is 32.2. The number of thioether (sulfide) groups is 1. The summed E-state index contributed by atoms with van der Waals surface area (Å²) in [5.41, 5.74) is 2.77. The van der Waals surface area contributed by atoms with E-state index in [1.165, 1.54) is 18.9 Å². The van der Waals surface area contributed by atoms with E-state index in [1.807, 2.05) is 61.5 Å². The van der Waals surface area contributed by atoms with Crippen LogP contribution in [-0.2, 0) is 16.1 Å². The van der Waals surface area contributed by atoms with Gasteiger partial charge in [0.15, 0.2) is 0 Å². The van der Waals surface area contributed by atoms with Gasteiger partial charge >= 0.3 is 5.97 Å². The number of rotatable bonds is 7. The SMILES string of the molecule is COC(=O)C(C)Sc1ccccc1C(=O)N(C)Cc1ccc(N(C)C)cc1. The normalized spacial score (nSPS) is 11.6. The molecule has 0 spiro atoms. The lowest BCUT2D eigenvalue weighted by atomic mass is 10.1. The molecule has 144 valence electrons. The minimum Gasteiger partial charge on any atom is -0.468 e. The molecule has 0 aliphatic heterocycles. The van der Waals surface area contributed by atoms with E-state index in [0.29, 0.717) is 12.1 Å². The Morgan fingerprint density at radius 3 is 2.26 bits per heavy atom. The zero-order valence-electron chi connectivity index (χ0n) is 16.4. The molecule has 0 aromatic heterocycles. The van der Waals surface area contributed by atoms with Gasteiger partial charge in [-0.2, -0.15) is 0 Å². The number of hydrogen-bond acceptors (Lipinski definition) is 5. The highest BCUT2D eigenvalue weighted by molar-refractivity contribution is 8.00. The number of carbonyl (C=O) groups excluding carboxylic acids is 2. The maximum absolute atomic E-state index is 13.0. The third-order valence-corrected chi connectivity index (χ3v) is 5.33. The van der Waals surface area contributed by atoms with Crippen LogP contribution in [0.1, 0.15) is 22.8 Å². The van der Waals surface area contributed by atoms with Crippen LogP contribution in [0.25, 0.3) is 0 Å². The number of hydrogen-bond donors (Lipinski definition) is 0. The molecule has 2 aromatic carbocycles. The fraction of sp³-hybridized carbons (Fsp3) is 0.333. The molecule has 0 saturated heterocycles. The number of ether oxygens (including phenoxy) is 1. The van der Waals surface area contributed by atoms with Crippen molar-refractivity contribution < 1.29 is 14.3 Å². The van der Waals surface area contributed by atoms with Crippen molar-refractivity contribution in [1.82, 2.24) is 4.90 Å². The van der Waals surface area contributed by atoms with Crippen molar-refractivity contribution in [2.75, 3.05) is 33.2 Å². The molecule has 0 heterocycles. The second-order valence-corrected chi connectivity index (χ2v) is 7.88. The van der Waals surface area contributed by atoms with Gasteiger partial charge in [-0.15, -0.1) is 11.8 Å². The first kappa shape index (κ1) is 20.8. The van der Waals surface area contributed by atoms with Gasteiger partial charge in [-0.3, -0.25) is 9.59 Å². The summed E-state index contributed by atoms with van der Waals surface area (Å²) in [6, 6.07) is 15.5. The number of amides is 1. The van der Waals surface area contributed by atoms with Crippen molar-refractivity contribution in [3.8, 4) is 0 Å². The van der Waals surface area contributed by atoms with Crippen LogP contribution in [0, 0.1) is 0 Å². The molecule has 0 aliphatic rings. The first-order valence-corrected chi connectivity index (χ1v) is 9.56. The Morgan fingerprint density at radius 1 is 1.04 bits per heavy atom. The molecule has 0 bridgehead atoms. The Kier molecular flexibility index (Phi) is 7.30. The van der Waals surface area contributed by atoms with Gasteiger partial charge in [0.1, 0.15) is 5.25 Å². The highest BCUT2D eigenvalue weighted by Crippen LogP contribution is 2.28. The molecular weight excluding hydrogens is 360 g/mol. The zero-order chi connectivity index (χ0) is 20.0. The van der Waals surface area contributed by atoms with E-state index in [2.05, 4.69) is 0 Å². The van der Waals surface area contributed by atoms with Crippen LogP contribution in [0.15, 0.2) is 53.4 Å². The van der Waals surface area contributed by atoms with Gasteiger partial charge < -0.3 is 14.5 Å². The zero-order valence-corrected chi connectivity index (χ0v) is 17.2. The topological polar surface area (TPSA) is 49.9 Å². The molecule has 2 rings (SSSR count). The summed E-state index contributed by atoms with van der Waals surface area (Å²) >= 11 is 1.33. The number of nitrogens with zero attached hydrogens (tertiary/aromatic N) is 2. The van der Waals surface area contributed by atoms with Crippen molar-refractivity contribution in [2.45, 2.75) is 23.6 Å². The molecule has 1 unspecified atom stereocenters. The van der Waals surface area contributed by atoms with Crippen LogP contribution in [0.5, 0.6) is 0 Å². The maximum Gasteiger partial charge on any atom is 0.318 e. The molecule has 2 aromatic rings. The largest absolute Gasteiger partial charge is 0.468 e. The Labute approximate surface area is 165 Å². The van der Waals surface area contributed by atoms with Gasteiger partial charge in [0.05, 0.1) is 12.7 Å². The van der Waals surface area contributed by atoms with Gasteiger partial charge in [0.25, 0.3) is 5.91 Å². The van der Waals surface area contributed by atoms with Crippen LogP contribution in [-0.4, -0.2) is 50.3 Å². The molecule has 0 N–H and O–H groups in total. The molecule has 0 saturated carbocycles. The molecule has 27 heavy (non-hydrogen) atoms. The molecule has 0 radical (unpaired) electrons. The first-order chi connectivity index (χ1) is 12.8. The molecule has 6 heteroatoms. The van der Waals surface area contributed by atoms with Gasteiger partial charge in [-0.1, -0.05) is 24.3 Å². The van der Waals surface area contributed by atoms with Crippen LogP contribution in [0.4, 0.5) is 5.69 Å². The predicted octanol–water partition coefficient (Wildman–Crippen LogP) is 3.68. The summed E-state index contributed by atoms with van der Waals surface area (Å²) in [6.07, 6.45) is 0. The summed E-state index contributed by atoms with van der Waals surface area (Å²) in [7, 11) is 7.14. The molecule has 1 atom stereocenters. The van der Waals surface area contributed by atoms with Gasteiger partial charge in [-0.25, -0.2) is 0 Å². The molecule has 5 nitrogen and oxygen atoms in total. The number of carbonyl (C=O) groups is 2. The quantitative estimate of drug-likeness (QED) is 0.537. The van der Waals surface area contributed by atoms with E-state index in [1.54, 1.807) is 24.9 Å². The van der Waals surface area contributed by atoms with Crippen LogP contribution in [0.3, 0.4) is 0 Å². The van der Waals surface area contributed by atoms with E-state index < -0.39 is 0 Å². The van der Waals surface area contributed by atoms with E-state index in [0.717, 1.165) is 16.1 Å². The fourth-order valence-electron chi connectivity index (χ4n) is 2.60. The summed E-state index contributed by atoms with van der Waals surface area (Å²) in [5, 5.41) is -0.382. The number of anilines is 1. The lowest BCUT2D eigenvalue weighted by Crippen LogP contribution is -2.27. The highest BCUT2D eigenvalue weighted by Gasteiger charge is 2.20. The van der Waals surface area contributed by atoms with Crippen molar-refractivity contribution >= 4 is 29.3 Å². The van der Waals surface area contributed by atoms with Gasteiger partial charge in [0.2, 0.25) is 0 Å². The maximum atomic E-state index is 13.0. The molecule has 1 amide bonds. The van der Waals surface area contributed by atoms with Gasteiger partial charge in [-0.05, 0) is 36.8 Å². The lowest BCUT2D eigenvalue weighted by molar-refractivity contribution is -0.139. The van der Waals surface area contributed by atoms with Crippen molar-refractivity contribution in [3.63, 3.8) is 0 Å². The van der Waals surface area contributed by atoms with E-state index >= 15 is 0 Å². The molecule has 0 aliphatic carbocycles. The summed E-state index contributed by atoms with van der Waals surface area (Å²) in [5.74, 6) is -0.386. The third kappa shape index (κ3) is 5.50. The minimum absolute atomic E-state index is 0.0770. The van der Waals surface area contributed by atoms with Crippen molar-refractivity contribution in [1.29, 1.82) is 0 Å². The predicted molar refractivity (Wildman–Crippen MR) is 110 cm³/mol. The second-order valence-electron chi connectivity index (χ2n) is 6.50. The smallest absolute Gasteiger partial charge is 0.318 e. The number of esters is 1. The Balaban J connectivity index is 2.13. The average molecular weight is 387 g/mol. The molecule has 0 fully saturated rings. The Morgan fingerprint density at radius 2 is 1.67 bits per heavy atom. The van der Waals surface area contributed by atoms with E-state index in [4.69, 9.17) is 4.74 Å². The molecular formula is C21H26N2O3S. The summed E-state index contributed by atoms with van der Waals surface area (Å²) < 4.78 is 4.78. The summed E-state index contributed by atoms with van der Waals surface area (Å²) in [4.78, 5) is 29.2. The number of benzene rings is 2. The number of methoxy groups -OCH3 is 1.